The van der Waals surface area contributed by atoms with Gasteiger partial charge in [-0.15, -0.1) is 0 Å². The van der Waals surface area contributed by atoms with E-state index in [2.05, 4.69) is 10.1 Å². The predicted molar refractivity (Wildman–Crippen MR) is 78.1 cm³/mol. The minimum atomic E-state index is -0.343. The van der Waals surface area contributed by atoms with Crippen molar-refractivity contribution in [1.82, 2.24) is 10.1 Å². The molecule has 2 heterocycles. The van der Waals surface area contributed by atoms with Crippen molar-refractivity contribution in [3.8, 4) is 0 Å². The van der Waals surface area contributed by atoms with E-state index >= 15 is 0 Å². The van der Waals surface area contributed by atoms with Crippen molar-refractivity contribution < 1.29 is 14.1 Å². The molecule has 0 fully saturated rings. The molecular formula is C16H16N2O3. The standard InChI is InChI=1S/C16H16N2O3/c1-9-13(11(3)21-18-9)8-20-16(19)15-10(2)17-14-7-5-4-6-12(14)15/h4-7,17H,8H2,1-3H3. The third kappa shape index (κ3) is 2.31. The number of carbonyl (C=O) groups excluding carboxylic acids is 1. The van der Waals surface area contributed by atoms with E-state index in [0.29, 0.717) is 11.3 Å². The second kappa shape index (κ2) is 5.09. The van der Waals surface area contributed by atoms with E-state index in [9.17, 15) is 4.79 Å². The lowest BCUT2D eigenvalue weighted by molar-refractivity contribution is 0.0472. The Morgan fingerprint density at radius 3 is 2.76 bits per heavy atom. The average molecular weight is 284 g/mol. The topological polar surface area (TPSA) is 68.1 Å². The lowest BCUT2D eigenvalue weighted by atomic mass is 10.1. The molecule has 0 atom stereocenters. The summed E-state index contributed by atoms with van der Waals surface area (Å²) >= 11 is 0. The molecule has 5 heteroatoms. The van der Waals surface area contributed by atoms with Gasteiger partial charge in [0.2, 0.25) is 0 Å². The number of nitrogens with zero attached hydrogens (tertiary/aromatic N) is 1. The van der Waals surface area contributed by atoms with Crippen LogP contribution in [0.25, 0.3) is 10.9 Å². The maximum atomic E-state index is 12.4. The zero-order chi connectivity index (χ0) is 15.0. The molecule has 0 aliphatic heterocycles. The van der Waals surface area contributed by atoms with Gasteiger partial charge in [0.15, 0.2) is 0 Å². The van der Waals surface area contributed by atoms with Gasteiger partial charge in [-0.3, -0.25) is 0 Å². The lowest BCUT2D eigenvalue weighted by Gasteiger charge is -2.04. The van der Waals surface area contributed by atoms with Crippen molar-refractivity contribution in [2.75, 3.05) is 0 Å². The number of fused-ring (bicyclic) bond motifs is 1. The van der Waals surface area contributed by atoms with E-state index < -0.39 is 0 Å². The number of aromatic nitrogens is 2. The molecular weight excluding hydrogens is 268 g/mol. The number of nitrogens with one attached hydrogen (secondary N) is 1. The van der Waals surface area contributed by atoms with E-state index in [1.54, 1.807) is 6.92 Å². The van der Waals surface area contributed by atoms with Crippen molar-refractivity contribution >= 4 is 16.9 Å². The summed E-state index contributed by atoms with van der Waals surface area (Å²) in [5, 5.41) is 4.73. The summed E-state index contributed by atoms with van der Waals surface area (Å²) in [4.78, 5) is 15.6. The Bertz CT molecular complexity index is 795. The number of carbonyl (C=O) groups is 1. The van der Waals surface area contributed by atoms with Gasteiger partial charge in [-0.1, -0.05) is 23.4 Å². The van der Waals surface area contributed by atoms with Gasteiger partial charge in [0.1, 0.15) is 12.4 Å². The number of hydrogen-bond acceptors (Lipinski definition) is 4. The molecule has 5 nitrogen and oxygen atoms in total. The summed E-state index contributed by atoms with van der Waals surface area (Å²) in [5.74, 6) is 0.334. The van der Waals surface area contributed by atoms with Crippen LogP contribution in [0.1, 0.15) is 33.1 Å². The number of H-pyrrole nitrogens is 1. The van der Waals surface area contributed by atoms with Gasteiger partial charge in [0.25, 0.3) is 0 Å². The Kier molecular flexibility index (Phi) is 3.25. The maximum absolute atomic E-state index is 12.4. The molecule has 3 rings (SSSR count). The molecule has 0 spiro atoms. The SMILES string of the molecule is Cc1noc(C)c1COC(=O)c1c(C)[nH]c2ccccc12. The van der Waals surface area contributed by atoms with Crippen LogP contribution in [0, 0.1) is 20.8 Å². The van der Waals surface area contributed by atoms with E-state index in [1.807, 2.05) is 38.1 Å². The van der Waals surface area contributed by atoms with E-state index in [1.165, 1.54) is 0 Å². The van der Waals surface area contributed by atoms with Crippen LogP contribution in [0.2, 0.25) is 0 Å². The Labute approximate surface area is 121 Å². The summed E-state index contributed by atoms with van der Waals surface area (Å²) in [6.45, 7) is 5.67. The molecule has 3 aromatic rings. The molecule has 0 radical (unpaired) electrons. The van der Waals surface area contributed by atoms with Crippen molar-refractivity contribution in [3.63, 3.8) is 0 Å². The zero-order valence-electron chi connectivity index (χ0n) is 12.2. The van der Waals surface area contributed by atoms with Gasteiger partial charge in [0.05, 0.1) is 16.8 Å². The van der Waals surface area contributed by atoms with Crippen molar-refractivity contribution in [2.45, 2.75) is 27.4 Å². The second-order valence-corrected chi connectivity index (χ2v) is 5.05. The molecule has 0 aliphatic carbocycles. The highest BCUT2D eigenvalue weighted by Gasteiger charge is 2.18. The van der Waals surface area contributed by atoms with E-state index in [0.717, 1.165) is 27.9 Å². The van der Waals surface area contributed by atoms with Crippen LogP contribution in [0.3, 0.4) is 0 Å². The molecule has 21 heavy (non-hydrogen) atoms. The van der Waals surface area contributed by atoms with Gasteiger partial charge in [-0.05, 0) is 26.8 Å². The average Bonchev–Trinajstić information content (AvgIpc) is 2.96. The molecule has 0 unspecified atom stereocenters. The number of hydrogen-bond donors (Lipinski definition) is 1. The highest BCUT2D eigenvalue weighted by atomic mass is 16.5. The number of para-hydroxylation sites is 1. The number of rotatable bonds is 3. The predicted octanol–water partition coefficient (Wildman–Crippen LogP) is 3.44. The van der Waals surface area contributed by atoms with Crippen LogP contribution in [0.4, 0.5) is 0 Å². The zero-order valence-corrected chi connectivity index (χ0v) is 12.2. The third-order valence-corrected chi connectivity index (χ3v) is 3.63. The maximum Gasteiger partial charge on any atom is 0.340 e. The summed E-state index contributed by atoms with van der Waals surface area (Å²) in [7, 11) is 0. The summed E-state index contributed by atoms with van der Waals surface area (Å²) in [5.41, 5.74) is 3.88. The van der Waals surface area contributed by atoms with Gasteiger partial charge in [0, 0.05) is 16.6 Å². The van der Waals surface area contributed by atoms with Crippen LogP contribution in [0.5, 0.6) is 0 Å². The molecule has 0 aliphatic rings. The highest BCUT2D eigenvalue weighted by molar-refractivity contribution is 6.05. The van der Waals surface area contributed by atoms with Crippen LogP contribution in [-0.4, -0.2) is 16.1 Å². The fourth-order valence-corrected chi connectivity index (χ4v) is 2.46. The lowest BCUT2D eigenvalue weighted by Crippen LogP contribution is -2.07. The number of aryl methyl sites for hydroxylation is 3. The first-order valence-corrected chi connectivity index (χ1v) is 6.74. The minimum absolute atomic E-state index is 0.166. The van der Waals surface area contributed by atoms with Gasteiger partial charge < -0.3 is 14.2 Å². The molecule has 0 amide bonds. The Morgan fingerprint density at radius 1 is 1.29 bits per heavy atom. The quantitative estimate of drug-likeness (QED) is 0.748. The Hall–Kier alpha value is -2.56. The fourth-order valence-electron chi connectivity index (χ4n) is 2.46. The number of benzene rings is 1. The summed E-state index contributed by atoms with van der Waals surface area (Å²) in [6.07, 6.45) is 0. The van der Waals surface area contributed by atoms with Gasteiger partial charge in [-0.2, -0.15) is 0 Å². The molecule has 0 saturated carbocycles. The van der Waals surface area contributed by atoms with Gasteiger partial charge >= 0.3 is 5.97 Å². The van der Waals surface area contributed by atoms with Crippen LogP contribution in [0.15, 0.2) is 28.8 Å². The van der Waals surface area contributed by atoms with E-state index in [4.69, 9.17) is 9.26 Å². The third-order valence-electron chi connectivity index (χ3n) is 3.63. The molecule has 108 valence electrons. The van der Waals surface area contributed by atoms with Gasteiger partial charge in [-0.25, -0.2) is 4.79 Å². The first kappa shape index (κ1) is 13.4. The minimum Gasteiger partial charge on any atom is -0.457 e. The first-order valence-electron chi connectivity index (χ1n) is 6.74. The fraction of sp³-hybridized carbons (Fsp3) is 0.250. The van der Waals surface area contributed by atoms with Crippen molar-refractivity contribution in [3.05, 3.63) is 52.5 Å². The second-order valence-electron chi connectivity index (χ2n) is 5.05. The normalized spacial score (nSPS) is 11.0. The monoisotopic (exact) mass is 284 g/mol. The molecule has 1 N–H and O–H groups in total. The first-order chi connectivity index (χ1) is 10.1. The van der Waals surface area contributed by atoms with Crippen LogP contribution < -0.4 is 0 Å². The van der Waals surface area contributed by atoms with E-state index in [-0.39, 0.29) is 12.6 Å². The van der Waals surface area contributed by atoms with Crippen LogP contribution >= 0.6 is 0 Å². The molecule has 0 saturated heterocycles. The Morgan fingerprint density at radius 2 is 2.05 bits per heavy atom. The summed E-state index contributed by atoms with van der Waals surface area (Å²) in [6, 6.07) is 7.68. The largest absolute Gasteiger partial charge is 0.457 e. The van der Waals surface area contributed by atoms with Crippen molar-refractivity contribution in [2.24, 2.45) is 0 Å². The summed E-state index contributed by atoms with van der Waals surface area (Å²) < 4.78 is 10.5. The number of aromatic amines is 1. The molecule has 2 aromatic heterocycles. The highest BCUT2D eigenvalue weighted by Crippen LogP contribution is 2.23. The Balaban J connectivity index is 1.86. The number of ether oxygens (including phenoxy) is 1. The van der Waals surface area contributed by atoms with Crippen LogP contribution in [-0.2, 0) is 11.3 Å². The molecule has 0 bridgehead atoms. The smallest absolute Gasteiger partial charge is 0.340 e. The molecule has 1 aromatic carbocycles. The van der Waals surface area contributed by atoms with Crippen molar-refractivity contribution in [1.29, 1.82) is 0 Å². The number of esters is 1.